The van der Waals surface area contributed by atoms with Crippen molar-refractivity contribution in [2.45, 2.75) is 58.3 Å². The molecule has 2 aliphatic rings. The SMILES string of the molecule is CCc1cc(CCC(N)=O)cc2cc3c(nc12)-c1cc2c(c(=O)n1C3)COC(=O)[C@]2(O)CC. The molecule has 5 rings (SSSR count). The van der Waals surface area contributed by atoms with Crippen LogP contribution in [-0.2, 0) is 45.9 Å². The first-order valence-corrected chi connectivity index (χ1v) is 11.2. The monoisotopic (exact) mass is 447 g/mol. The number of carbonyl (C=O) groups excluding carboxylic acids is 2. The minimum atomic E-state index is -1.84. The minimum Gasteiger partial charge on any atom is -0.458 e. The third kappa shape index (κ3) is 3.16. The predicted octanol–water partition coefficient (Wildman–Crippen LogP) is 2.06. The summed E-state index contributed by atoms with van der Waals surface area (Å²) >= 11 is 0. The third-order valence-electron chi connectivity index (χ3n) is 6.79. The summed E-state index contributed by atoms with van der Waals surface area (Å²) in [6, 6.07) is 7.82. The zero-order valence-corrected chi connectivity index (χ0v) is 18.6. The van der Waals surface area contributed by atoms with E-state index in [1.54, 1.807) is 17.6 Å². The second-order valence-corrected chi connectivity index (χ2v) is 8.75. The van der Waals surface area contributed by atoms with Gasteiger partial charge in [0.05, 0.1) is 29.0 Å². The number of amides is 1. The van der Waals surface area contributed by atoms with Crippen molar-refractivity contribution >= 4 is 22.8 Å². The number of carbonyl (C=O) groups is 2. The van der Waals surface area contributed by atoms with Crippen molar-refractivity contribution in [1.29, 1.82) is 0 Å². The van der Waals surface area contributed by atoms with Gasteiger partial charge in [0.2, 0.25) is 5.91 Å². The van der Waals surface area contributed by atoms with Crippen LogP contribution in [0.25, 0.3) is 22.3 Å². The van der Waals surface area contributed by atoms with Crippen LogP contribution in [0.1, 0.15) is 54.5 Å². The van der Waals surface area contributed by atoms with Gasteiger partial charge in [0.25, 0.3) is 5.56 Å². The van der Waals surface area contributed by atoms with Crippen molar-refractivity contribution in [2.75, 3.05) is 0 Å². The number of aromatic nitrogens is 2. The fourth-order valence-corrected chi connectivity index (χ4v) is 4.92. The van der Waals surface area contributed by atoms with Crippen molar-refractivity contribution < 1.29 is 19.4 Å². The van der Waals surface area contributed by atoms with Gasteiger partial charge >= 0.3 is 5.97 Å². The van der Waals surface area contributed by atoms with Gasteiger partial charge in [0, 0.05) is 22.9 Å². The summed E-state index contributed by atoms with van der Waals surface area (Å²) in [6.07, 6.45) is 1.70. The van der Waals surface area contributed by atoms with Crippen molar-refractivity contribution in [3.05, 3.63) is 62.4 Å². The van der Waals surface area contributed by atoms with Crippen LogP contribution in [0.5, 0.6) is 0 Å². The minimum absolute atomic E-state index is 0.105. The molecule has 33 heavy (non-hydrogen) atoms. The highest BCUT2D eigenvalue weighted by atomic mass is 16.6. The summed E-state index contributed by atoms with van der Waals surface area (Å²) in [7, 11) is 0. The van der Waals surface area contributed by atoms with Crippen molar-refractivity contribution in [1.82, 2.24) is 9.55 Å². The van der Waals surface area contributed by atoms with Crippen LogP contribution in [-0.4, -0.2) is 26.5 Å². The molecule has 4 heterocycles. The zero-order chi connectivity index (χ0) is 23.5. The fraction of sp³-hybridized carbons (Fsp3) is 0.360. The van der Waals surface area contributed by atoms with Crippen LogP contribution in [0.15, 0.2) is 29.1 Å². The van der Waals surface area contributed by atoms with Gasteiger partial charge in [0.15, 0.2) is 5.60 Å². The van der Waals surface area contributed by atoms with Gasteiger partial charge in [-0.1, -0.05) is 19.9 Å². The average molecular weight is 447 g/mol. The number of aryl methyl sites for hydroxylation is 2. The number of ether oxygens (including phenoxy) is 1. The van der Waals surface area contributed by atoms with E-state index in [2.05, 4.69) is 0 Å². The number of nitrogens with zero attached hydrogens (tertiary/aromatic N) is 2. The summed E-state index contributed by atoms with van der Waals surface area (Å²) in [6.45, 7) is 3.93. The van der Waals surface area contributed by atoms with Crippen molar-refractivity contribution in [2.24, 2.45) is 5.73 Å². The summed E-state index contributed by atoms with van der Waals surface area (Å²) in [5.74, 6) is -1.07. The average Bonchev–Trinajstić information content (AvgIpc) is 3.16. The number of aliphatic hydroxyl groups is 1. The molecule has 1 amide bonds. The molecule has 3 N–H and O–H groups in total. The van der Waals surface area contributed by atoms with Gasteiger partial charge in [-0.15, -0.1) is 0 Å². The Morgan fingerprint density at radius 1 is 1.24 bits per heavy atom. The number of benzene rings is 1. The molecule has 8 nitrogen and oxygen atoms in total. The first-order chi connectivity index (χ1) is 15.8. The molecule has 2 aliphatic heterocycles. The quantitative estimate of drug-likeness (QED) is 0.451. The molecule has 0 bridgehead atoms. The predicted molar refractivity (Wildman–Crippen MR) is 121 cm³/mol. The molecule has 0 unspecified atom stereocenters. The highest BCUT2D eigenvalue weighted by Gasteiger charge is 2.45. The standard InChI is InChI=1S/C25H25N3O5/c1-3-14-7-13(5-6-20(26)29)8-15-9-16-11-28-19(22(16)27-21(14)15)10-18-17(23(28)30)12-33-24(31)25(18,32)4-2/h7-10,32H,3-6,11-12H2,1-2H3,(H2,26,29)/t25-/m0/s1. The molecule has 0 saturated carbocycles. The fourth-order valence-electron chi connectivity index (χ4n) is 4.92. The van der Waals surface area contributed by atoms with E-state index < -0.39 is 11.6 Å². The second kappa shape index (κ2) is 7.52. The molecule has 0 fully saturated rings. The second-order valence-electron chi connectivity index (χ2n) is 8.75. The summed E-state index contributed by atoms with van der Waals surface area (Å²) < 4.78 is 6.75. The number of nitrogens with two attached hydrogens (primary N) is 1. The molecule has 2 aromatic heterocycles. The molecule has 8 heteroatoms. The van der Waals surface area contributed by atoms with E-state index >= 15 is 0 Å². The number of rotatable bonds is 5. The molecule has 1 aromatic carbocycles. The van der Waals surface area contributed by atoms with Crippen LogP contribution in [0.2, 0.25) is 0 Å². The largest absolute Gasteiger partial charge is 0.458 e. The van der Waals surface area contributed by atoms with Crippen molar-refractivity contribution in [3.63, 3.8) is 0 Å². The van der Waals surface area contributed by atoms with E-state index in [4.69, 9.17) is 15.5 Å². The molecule has 0 spiro atoms. The Hall–Kier alpha value is -3.52. The van der Waals surface area contributed by atoms with Crippen LogP contribution in [0.3, 0.4) is 0 Å². The maximum absolute atomic E-state index is 13.3. The van der Waals surface area contributed by atoms with E-state index in [0.717, 1.165) is 34.0 Å². The first kappa shape index (κ1) is 21.3. The summed E-state index contributed by atoms with van der Waals surface area (Å²) in [5, 5.41) is 11.9. The van der Waals surface area contributed by atoms with Gasteiger partial charge < -0.3 is 20.1 Å². The summed E-state index contributed by atoms with van der Waals surface area (Å²) in [4.78, 5) is 41.8. The number of cyclic esters (lactones) is 1. The molecular formula is C25H25N3O5. The maximum Gasteiger partial charge on any atom is 0.343 e. The Balaban J connectivity index is 1.69. The number of esters is 1. The van der Waals surface area contributed by atoms with E-state index in [1.165, 1.54) is 0 Å². The lowest BCUT2D eigenvalue weighted by molar-refractivity contribution is -0.172. The maximum atomic E-state index is 13.3. The van der Waals surface area contributed by atoms with Crippen LogP contribution in [0.4, 0.5) is 0 Å². The molecule has 0 radical (unpaired) electrons. The molecular weight excluding hydrogens is 422 g/mol. The normalized spacial score (nSPS) is 18.6. The lowest BCUT2D eigenvalue weighted by Crippen LogP contribution is -2.44. The topological polar surface area (TPSA) is 125 Å². The van der Waals surface area contributed by atoms with E-state index in [1.807, 2.05) is 25.1 Å². The molecule has 1 atom stereocenters. The third-order valence-corrected chi connectivity index (χ3v) is 6.79. The lowest BCUT2D eigenvalue weighted by atomic mass is 9.86. The smallest absolute Gasteiger partial charge is 0.343 e. The Morgan fingerprint density at radius 2 is 2.03 bits per heavy atom. The van der Waals surface area contributed by atoms with Crippen molar-refractivity contribution in [3.8, 4) is 11.4 Å². The molecule has 3 aromatic rings. The Bertz CT molecular complexity index is 1410. The van der Waals surface area contributed by atoms with Gasteiger partial charge in [-0.3, -0.25) is 9.59 Å². The number of primary amides is 1. The van der Waals surface area contributed by atoms with Gasteiger partial charge in [-0.2, -0.15) is 0 Å². The number of hydrogen-bond donors (Lipinski definition) is 2. The van der Waals surface area contributed by atoms with E-state index in [9.17, 15) is 19.5 Å². The lowest BCUT2D eigenvalue weighted by Gasteiger charge is -2.31. The highest BCUT2D eigenvalue weighted by molar-refractivity contribution is 5.88. The van der Waals surface area contributed by atoms with E-state index in [0.29, 0.717) is 35.5 Å². The van der Waals surface area contributed by atoms with Crippen LogP contribution in [0, 0.1) is 0 Å². The van der Waals surface area contributed by atoms with E-state index in [-0.39, 0.29) is 30.9 Å². The molecule has 0 saturated heterocycles. The number of pyridine rings is 2. The van der Waals surface area contributed by atoms with Gasteiger partial charge in [-0.25, -0.2) is 9.78 Å². The van der Waals surface area contributed by atoms with Crippen LogP contribution < -0.4 is 11.3 Å². The number of hydrogen-bond acceptors (Lipinski definition) is 6. The highest BCUT2D eigenvalue weighted by Crippen LogP contribution is 2.39. The van der Waals surface area contributed by atoms with Gasteiger partial charge in [-0.05, 0) is 48.6 Å². The zero-order valence-electron chi connectivity index (χ0n) is 18.6. The van der Waals surface area contributed by atoms with Crippen LogP contribution >= 0.6 is 0 Å². The Kier molecular flexibility index (Phi) is 4.86. The Morgan fingerprint density at radius 3 is 2.73 bits per heavy atom. The number of fused-ring (bicyclic) bond motifs is 5. The molecule has 170 valence electrons. The summed E-state index contributed by atoms with van der Waals surface area (Å²) in [5.41, 5.74) is 8.89. The Labute approximate surface area is 190 Å². The first-order valence-electron chi connectivity index (χ1n) is 11.2. The molecule has 0 aliphatic carbocycles. The van der Waals surface area contributed by atoms with Gasteiger partial charge in [0.1, 0.15) is 6.61 Å².